The Morgan fingerprint density at radius 1 is 1.13 bits per heavy atom. The number of methoxy groups -OCH3 is 1. The molecule has 0 bridgehead atoms. The standard InChI is InChI=1S/C22H20ClFN4O3/c1-13-10-15(14(2)28(13)19-7-5-4-6-18(19)24)12-25-27-22(30)21(29)26-16-8-9-20(31-3)17(23)11-16/h4-12H,1-3H3,(H,26,29)(H,27,30)/b25-12-. The molecule has 0 saturated heterocycles. The third-order valence-electron chi connectivity index (χ3n) is 4.55. The molecular weight excluding hydrogens is 423 g/mol. The van der Waals surface area contributed by atoms with Crippen molar-refractivity contribution in [2.45, 2.75) is 13.8 Å². The zero-order valence-corrected chi connectivity index (χ0v) is 17.8. The molecule has 160 valence electrons. The molecule has 0 fully saturated rings. The Hall–Kier alpha value is -3.65. The van der Waals surface area contributed by atoms with E-state index in [0.29, 0.717) is 27.7 Å². The lowest BCUT2D eigenvalue weighted by molar-refractivity contribution is -0.136. The van der Waals surface area contributed by atoms with E-state index in [1.165, 1.54) is 25.5 Å². The normalized spacial score (nSPS) is 10.9. The predicted octanol–water partition coefficient (Wildman–Crippen LogP) is 3.98. The molecule has 0 radical (unpaired) electrons. The van der Waals surface area contributed by atoms with Crippen molar-refractivity contribution in [1.82, 2.24) is 9.99 Å². The molecule has 2 aromatic carbocycles. The summed E-state index contributed by atoms with van der Waals surface area (Å²) in [7, 11) is 1.47. The zero-order chi connectivity index (χ0) is 22.5. The molecular formula is C22H20ClFN4O3. The highest BCUT2D eigenvalue weighted by molar-refractivity contribution is 6.40. The van der Waals surface area contributed by atoms with E-state index < -0.39 is 11.8 Å². The first-order valence-corrected chi connectivity index (χ1v) is 9.61. The van der Waals surface area contributed by atoms with Gasteiger partial charge in [-0.05, 0) is 50.2 Å². The highest BCUT2D eigenvalue weighted by atomic mass is 35.5. The van der Waals surface area contributed by atoms with E-state index in [1.54, 1.807) is 41.0 Å². The molecule has 0 aliphatic heterocycles. The lowest BCUT2D eigenvalue weighted by atomic mass is 10.2. The maximum absolute atomic E-state index is 14.2. The topological polar surface area (TPSA) is 84.7 Å². The number of aromatic nitrogens is 1. The molecule has 1 aromatic heterocycles. The number of benzene rings is 2. The van der Waals surface area contributed by atoms with Gasteiger partial charge in [-0.3, -0.25) is 9.59 Å². The van der Waals surface area contributed by atoms with E-state index in [9.17, 15) is 14.0 Å². The van der Waals surface area contributed by atoms with Gasteiger partial charge >= 0.3 is 11.8 Å². The van der Waals surface area contributed by atoms with Crippen LogP contribution in [0, 0.1) is 19.7 Å². The fraction of sp³-hybridized carbons (Fsp3) is 0.136. The molecule has 7 nitrogen and oxygen atoms in total. The first kappa shape index (κ1) is 22.0. The molecule has 31 heavy (non-hydrogen) atoms. The highest BCUT2D eigenvalue weighted by Gasteiger charge is 2.15. The van der Waals surface area contributed by atoms with Crippen LogP contribution in [-0.4, -0.2) is 29.7 Å². The smallest absolute Gasteiger partial charge is 0.329 e. The van der Waals surface area contributed by atoms with Crippen LogP contribution < -0.4 is 15.5 Å². The summed E-state index contributed by atoms with van der Waals surface area (Å²) in [6.45, 7) is 3.64. The van der Waals surface area contributed by atoms with Gasteiger partial charge in [0.1, 0.15) is 11.6 Å². The van der Waals surface area contributed by atoms with Gasteiger partial charge in [0, 0.05) is 22.6 Å². The molecule has 1 heterocycles. The minimum Gasteiger partial charge on any atom is -0.495 e. The van der Waals surface area contributed by atoms with Crippen LogP contribution in [0.5, 0.6) is 5.75 Å². The molecule has 0 saturated carbocycles. The van der Waals surface area contributed by atoms with Gasteiger partial charge in [0.25, 0.3) is 0 Å². The van der Waals surface area contributed by atoms with Crippen molar-refractivity contribution < 1.29 is 18.7 Å². The van der Waals surface area contributed by atoms with Crippen molar-refractivity contribution in [3.63, 3.8) is 0 Å². The van der Waals surface area contributed by atoms with E-state index in [0.717, 1.165) is 11.4 Å². The predicted molar refractivity (Wildman–Crippen MR) is 118 cm³/mol. The van der Waals surface area contributed by atoms with Crippen molar-refractivity contribution in [2.24, 2.45) is 5.10 Å². The van der Waals surface area contributed by atoms with Crippen LogP contribution in [0.15, 0.2) is 53.6 Å². The third kappa shape index (κ3) is 4.92. The number of ether oxygens (including phenoxy) is 1. The number of para-hydroxylation sites is 1. The van der Waals surface area contributed by atoms with Crippen molar-refractivity contribution >= 4 is 35.3 Å². The SMILES string of the molecule is COc1ccc(NC(=O)C(=O)N/N=C\c2cc(C)n(-c3ccccc3F)c2C)cc1Cl. The van der Waals surface area contributed by atoms with Crippen molar-refractivity contribution in [2.75, 3.05) is 12.4 Å². The molecule has 0 spiro atoms. The molecule has 0 atom stereocenters. The Morgan fingerprint density at radius 3 is 2.55 bits per heavy atom. The first-order valence-electron chi connectivity index (χ1n) is 9.23. The monoisotopic (exact) mass is 442 g/mol. The first-order chi connectivity index (χ1) is 14.8. The largest absolute Gasteiger partial charge is 0.495 e. The number of carbonyl (C=O) groups excluding carboxylic acids is 2. The van der Waals surface area contributed by atoms with Gasteiger partial charge in [-0.25, -0.2) is 9.82 Å². The van der Waals surface area contributed by atoms with Gasteiger partial charge in [0.15, 0.2) is 0 Å². The summed E-state index contributed by atoms with van der Waals surface area (Å²) >= 11 is 6.00. The second-order valence-corrected chi connectivity index (χ2v) is 7.02. The number of rotatable bonds is 5. The quantitative estimate of drug-likeness (QED) is 0.356. The summed E-state index contributed by atoms with van der Waals surface area (Å²) in [6, 6.07) is 12.8. The third-order valence-corrected chi connectivity index (χ3v) is 4.84. The van der Waals surface area contributed by atoms with Crippen LogP contribution in [0.4, 0.5) is 10.1 Å². The number of aryl methyl sites for hydroxylation is 1. The fourth-order valence-electron chi connectivity index (χ4n) is 3.07. The number of amides is 2. The second-order valence-electron chi connectivity index (χ2n) is 6.62. The summed E-state index contributed by atoms with van der Waals surface area (Å²) in [6.07, 6.45) is 1.40. The van der Waals surface area contributed by atoms with Gasteiger partial charge in [-0.1, -0.05) is 23.7 Å². The molecule has 3 aromatic rings. The van der Waals surface area contributed by atoms with E-state index in [-0.39, 0.29) is 5.82 Å². The molecule has 0 unspecified atom stereocenters. The average molecular weight is 443 g/mol. The van der Waals surface area contributed by atoms with Gasteiger partial charge in [-0.15, -0.1) is 0 Å². The van der Waals surface area contributed by atoms with Crippen LogP contribution in [-0.2, 0) is 9.59 Å². The number of nitrogens with one attached hydrogen (secondary N) is 2. The summed E-state index contributed by atoms with van der Waals surface area (Å²) in [5.74, 6) is -1.76. The number of hydrogen-bond donors (Lipinski definition) is 2. The minimum absolute atomic E-state index is 0.295. The van der Waals surface area contributed by atoms with Gasteiger partial charge in [0.2, 0.25) is 0 Å². The summed E-state index contributed by atoms with van der Waals surface area (Å²) in [5.41, 5.74) is 5.12. The second kappa shape index (κ2) is 9.44. The summed E-state index contributed by atoms with van der Waals surface area (Å²) < 4.78 is 21.0. The van der Waals surface area contributed by atoms with Gasteiger partial charge in [-0.2, -0.15) is 5.10 Å². The Labute approximate surface area is 183 Å². The van der Waals surface area contributed by atoms with Crippen molar-refractivity contribution in [1.29, 1.82) is 0 Å². The summed E-state index contributed by atoms with van der Waals surface area (Å²) in [5, 5.41) is 6.56. The maximum atomic E-state index is 14.2. The van der Waals surface area contributed by atoms with E-state index in [2.05, 4.69) is 15.8 Å². The van der Waals surface area contributed by atoms with Crippen molar-refractivity contribution in [3.05, 3.63) is 76.3 Å². The van der Waals surface area contributed by atoms with Gasteiger partial charge < -0.3 is 14.6 Å². The van der Waals surface area contributed by atoms with E-state index in [4.69, 9.17) is 16.3 Å². The van der Waals surface area contributed by atoms with Gasteiger partial charge in [0.05, 0.1) is 24.0 Å². The van der Waals surface area contributed by atoms with Crippen LogP contribution in [0.2, 0.25) is 5.02 Å². The Morgan fingerprint density at radius 2 is 1.87 bits per heavy atom. The van der Waals surface area contributed by atoms with Crippen LogP contribution in [0.1, 0.15) is 17.0 Å². The molecule has 0 aliphatic rings. The maximum Gasteiger partial charge on any atom is 0.329 e. The highest BCUT2D eigenvalue weighted by Crippen LogP contribution is 2.27. The number of hydrogen-bond acceptors (Lipinski definition) is 4. The van der Waals surface area contributed by atoms with Crippen molar-refractivity contribution in [3.8, 4) is 11.4 Å². The Balaban J connectivity index is 1.67. The van der Waals surface area contributed by atoms with Crippen LogP contribution in [0.3, 0.4) is 0 Å². The number of anilines is 1. The lowest BCUT2D eigenvalue weighted by Crippen LogP contribution is -2.32. The molecule has 3 rings (SSSR count). The number of halogens is 2. The molecule has 0 aliphatic carbocycles. The minimum atomic E-state index is -0.953. The zero-order valence-electron chi connectivity index (χ0n) is 17.1. The average Bonchev–Trinajstić information content (AvgIpc) is 3.01. The summed E-state index contributed by atoms with van der Waals surface area (Å²) in [4.78, 5) is 24.1. The molecule has 9 heteroatoms. The van der Waals surface area contributed by atoms with E-state index in [1.807, 2.05) is 13.8 Å². The van der Waals surface area contributed by atoms with E-state index >= 15 is 0 Å². The van der Waals surface area contributed by atoms with Crippen LogP contribution >= 0.6 is 11.6 Å². The molecule has 2 amide bonds. The Bertz CT molecular complexity index is 1170. The number of nitrogens with zero attached hydrogens (tertiary/aromatic N) is 2. The fourth-order valence-corrected chi connectivity index (χ4v) is 3.32. The lowest BCUT2D eigenvalue weighted by Gasteiger charge is -2.10. The number of hydrazone groups is 1. The van der Waals surface area contributed by atoms with Crippen LogP contribution in [0.25, 0.3) is 5.69 Å². The molecule has 2 N–H and O–H groups in total. The Kier molecular flexibility index (Phi) is 6.71. The number of carbonyl (C=O) groups is 2.